The van der Waals surface area contributed by atoms with Crippen molar-refractivity contribution in [2.75, 3.05) is 39.6 Å². The molecule has 174 valence electrons. The fourth-order valence-electron chi connectivity index (χ4n) is 4.30. The first-order chi connectivity index (χ1) is 16.1. The highest BCUT2D eigenvalue weighted by atomic mass is 16.7. The molecule has 1 saturated heterocycles. The van der Waals surface area contributed by atoms with E-state index in [1.807, 2.05) is 17.0 Å². The molecule has 2 atom stereocenters. The number of ether oxygens (including phenoxy) is 3. The number of esters is 1. The predicted molar refractivity (Wildman–Crippen MR) is 117 cm³/mol. The van der Waals surface area contributed by atoms with E-state index < -0.39 is 23.8 Å². The Kier molecular flexibility index (Phi) is 5.91. The lowest BCUT2D eigenvalue weighted by Gasteiger charge is -2.38. The second-order valence-electron chi connectivity index (χ2n) is 8.08. The summed E-state index contributed by atoms with van der Waals surface area (Å²) in [4.78, 5) is 34.4. The van der Waals surface area contributed by atoms with Gasteiger partial charge in [-0.05, 0) is 36.8 Å². The molecule has 0 aliphatic carbocycles. The maximum absolute atomic E-state index is 12.9. The normalized spacial score (nSPS) is 22.6. The first-order valence-electron chi connectivity index (χ1n) is 11.1. The summed E-state index contributed by atoms with van der Waals surface area (Å²) in [5.74, 6) is 0.376. The van der Waals surface area contributed by atoms with Crippen molar-refractivity contribution in [2.45, 2.75) is 19.5 Å². The van der Waals surface area contributed by atoms with Crippen molar-refractivity contribution in [1.82, 2.24) is 15.1 Å². The van der Waals surface area contributed by atoms with Crippen LogP contribution in [0.15, 0.2) is 46.0 Å². The highest BCUT2D eigenvalue weighted by Crippen LogP contribution is 2.33. The Balaban J connectivity index is 1.26. The maximum Gasteiger partial charge on any atom is 0.321 e. The molecule has 10 nitrogen and oxygen atoms in total. The molecule has 3 aliphatic heterocycles. The van der Waals surface area contributed by atoms with Gasteiger partial charge in [-0.1, -0.05) is 6.07 Å². The molecule has 10 heteroatoms. The maximum atomic E-state index is 12.9. The van der Waals surface area contributed by atoms with Gasteiger partial charge in [-0.15, -0.1) is 0 Å². The summed E-state index contributed by atoms with van der Waals surface area (Å²) in [5, 5.41) is 2.81. The van der Waals surface area contributed by atoms with Gasteiger partial charge in [-0.3, -0.25) is 19.8 Å². The molecule has 1 aromatic carbocycles. The summed E-state index contributed by atoms with van der Waals surface area (Å²) in [6.07, 6.45) is 1.51. The summed E-state index contributed by atoms with van der Waals surface area (Å²) < 4.78 is 21.5. The number of furan rings is 1. The fourth-order valence-corrected chi connectivity index (χ4v) is 4.30. The molecule has 1 fully saturated rings. The van der Waals surface area contributed by atoms with Gasteiger partial charge in [-0.2, -0.15) is 0 Å². The third kappa shape index (κ3) is 4.38. The van der Waals surface area contributed by atoms with E-state index in [-0.39, 0.29) is 13.4 Å². The van der Waals surface area contributed by atoms with E-state index in [0.717, 1.165) is 36.7 Å². The lowest BCUT2D eigenvalue weighted by Crippen LogP contribution is -2.57. The number of benzene rings is 1. The molecular formula is C23H26N4O6. The third-order valence-electron chi connectivity index (χ3n) is 5.98. The fraction of sp³-hybridized carbons (Fsp3) is 0.435. The molecule has 3 aliphatic rings. The van der Waals surface area contributed by atoms with Gasteiger partial charge in [0.1, 0.15) is 11.8 Å². The van der Waals surface area contributed by atoms with E-state index >= 15 is 0 Å². The van der Waals surface area contributed by atoms with Crippen LogP contribution in [0.25, 0.3) is 0 Å². The topological polar surface area (TPSA) is 106 Å². The van der Waals surface area contributed by atoms with E-state index in [1.54, 1.807) is 19.1 Å². The number of carbonyl (C=O) groups is 2. The molecule has 0 spiro atoms. The standard InChI is InChI=1S/C23H26N4O6/c1-2-30-22(29)19-20(17-4-3-11-31-17)24-23(25-21(19)28)27-9-7-26(8-10-27)13-15-5-6-16-18(12-15)33-14-32-16/h3-6,11-12,19-20H,2,7-10,13-14H2,1H3,(H,24,25,28)/t19-,20+/m1/s1. The Hall–Kier alpha value is -3.53. The van der Waals surface area contributed by atoms with Gasteiger partial charge < -0.3 is 23.5 Å². The second-order valence-corrected chi connectivity index (χ2v) is 8.08. The van der Waals surface area contributed by atoms with Gasteiger partial charge in [0.25, 0.3) is 0 Å². The molecule has 0 saturated carbocycles. The second kappa shape index (κ2) is 9.14. The third-order valence-corrected chi connectivity index (χ3v) is 5.98. The van der Waals surface area contributed by atoms with E-state index in [0.29, 0.717) is 24.8 Å². The summed E-state index contributed by atoms with van der Waals surface area (Å²) in [5.41, 5.74) is 1.16. The predicted octanol–water partition coefficient (Wildman–Crippen LogP) is 1.53. The number of carbonyl (C=O) groups excluding carboxylic acids is 2. The number of piperazine rings is 1. The van der Waals surface area contributed by atoms with Crippen molar-refractivity contribution in [1.29, 1.82) is 0 Å². The first-order valence-corrected chi connectivity index (χ1v) is 11.1. The van der Waals surface area contributed by atoms with Crippen LogP contribution in [0, 0.1) is 5.92 Å². The number of nitrogens with zero attached hydrogens (tertiary/aromatic N) is 3. The Bertz CT molecular complexity index is 1050. The molecule has 1 aromatic heterocycles. The van der Waals surface area contributed by atoms with E-state index in [9.17, 15) is 9.59 Å². The van der Waals surface area contributed by atoms with E-state index in [2.05, 4.69) is 16.3 Å². The van der Waals surface area contributed by atoms with Crippen LogP contribution in [0.2, 0.25) is 0 Å². The van der Waals surface area contributed by atoms with Crippen LogP contribution in [0.5, 0.6) is 11.5 Å². The van der Waals surface area contributed by atoms with Crippen LogP contribution in [0.4, 0.5) is 0 Å². The van der Waals surface area contributed by atoms with Gasteiger partial charge in [0.15, 0.2) is 17.4 Å². The number of guanidine groups is 1. The average molecular weight is 454 g/mol. The number of amides is 1. The summed E-state index contributed by atoms with van der Waals surface area (Å²) in [6, 6.07) is 8.69. The summed E-state index contributed by atoms with van der Waals surface area (Å²) in [7, 11) is 0. The number of aliphatic imine (C=N–C) groups is 1. The van der Waals surface area contributed by atoms with Gasteiger partial charge in [-0.25, -0.2) is 4.99 Å². The SMILES string of the molecule is CCOC(=O)[C@H]1C(=O)NC(N2CCN(Cc3ccc4c(c3)OCO4)CC2)=N[C@H]1c1ccco1. The van der Waals surface area contributed by atoms with Gasteiger partial charge in [0.2, 0.25) is 18.7 Å². The average Bonchev–Trinajstić information content (AvgIpc) is 3.51. The quantitative estimate of drug-likeness (QED) is 0.536. The van der Waals surface area contributed by atoms with Crippen LogP contribution in [-0.2, 0) is 20.9 Å². The van der Waals surface area contributed by atoms with Crippen LogP contribution in [0.1, 0.15) is 24.3 Å². The summed E-state index contributed by atoms with van der Waals surface area (Å²) >= 11 is 0. The zero-order chi connectivity index (χ0) is 22.8. The van der Waals surface area contributed by atoms with Crippen molar-refractivity contribution < 1.29 is 28.2 Å². The van der Waals surface area contributed by atoms with E-state index in [1.165, 1.54) is 6.26 Å². The smallest absolute Gasteiger partial charge is 0.321 e. The van der Waals surface area contributed by atoms with Crippen LogP contribution in [-0.4, -0.2) is 67.2 Å². The Morgan fingerprint density at radius 3 is 2.76 bits per heavy atom. The minimum atomic E-state index is -1.08. The molecule has 33 heavy (non-hydrogen) atoms. The lowest BCUT2D eigenvalue weighted by molar-refractivity contribution is -0.153. The Morgan fingerprint density at radius 2 is 2.00 bits per heavy atom. The number of nitrogens with one attached hydrogen (secondary N) is 1. The van der Waals surface area contributed by atoms with Crippen molar-refractivity contribution in [3.8, 4) is 11.5 Å². The summed E-state index contributed by atoms with van der Waals surface area (Å²) in [6.45, 7) is 5.95. The van der Waals surface area contributed by atoms with Crippen molar-refractivity contribution in [3.63, 3.8) is 0 Å². The highest BCUT2D eigenvalue weighted by Gasteiger charge is 2.43. The Morgan fingerprint density at radius 1 is 1.18 bits per heavy atom. The van der Waals surface area contributed by atoms with Gasteiger partial charge in [0, 0.05) is 32.7 Å². The molecule has 2 aromatic rings. The number of rotatable bonds is 5. The molecule has 1 amide bonds. The van der Waals surface area contributed by atoms with Gasteiger partial charge in [0.05, 0.1) is 12.9 Å². The molecule has 1 N–H and O–H groups in total. The minimum Gasteiger partial charge on any atom is -0.467 e. The monoisotopic (exact) mass is 454 g/mol. The number of fused-ring (bicyclic) bond motifs is 1. The molecule has 4 heterocycles. The minimum absolute atomic E-state index is 0.190. The zero-order valence-electron chi connectivity index (χ0n) is 18.4. The van der Waals surface area contributed by atoms with E-state index in [4.69, 9.17) is 23.6 Å². The molecule has 5 rings (SSSR count). The van der Waals surface area contributed by atoms with Crippen LogP contribution in [0.3, 0.4) is 0 Å². The Labute approximate surface area is 191 Å². The van der Waals surface area contributed by atoms with Crippen molar-refractivity contribution >= 4 is 17.8 Å². The van der Waals surface area contributed by atoms with Crippen molar-refractivity contribution in [3.05, 3.63) is 47.9 Å². The van der Waals surface area contributed by atoms with Crippen LogP contribution < -0.4 is 14.8 Å². The molecule has 0 bridgehead atoms. The highest BCUT2D eigenvalue weighted by molar-refractivity contribution is 6.08. The lowest BCUT2D eigenvalue weighted by atomic mass is 9.95. The van der Waals surface area contributed by atoms with Crippen LogP contribution >= 0.6 is 0 Å². The van der Waals surface area contributed by atoms with Crippen molar-refractivity contribution in [2.24, 2.45) is 10.9 Å². The molecular weight excluding hydrogens is 428 g/mol. The largest absolute Gasteiger partial charge is 0.467 e. The molecule has 0 unspecified atom stereocenters. The van der Waals surface area contributed by atoms with Gasteiger partial charge >= 0.3 is 5.97 Å². The number of hydrogen-bond donors (Lipinski definition) is 1. The molecule has 0 radical (unpaired) electrons. The first kappa shape index (κ1) is 21.3. The number of hydrogen-bond acceptors (Lipinski definition) is 9. The zero-order valence-corrected chi connectivity index (χ0v) is 18.4.